The summed E-state index contributed by atoms with van der Waals surface area (Å²) in [5.41, 5.74) is -0.0749. The third-order valence-corrected chi connectivity index (χ3v) is 18.4. The number of hydrogen-bond acceptors (Lipinski definition) is 18. The Kier molecular flexibility index (Phi) is 13.3. The van der Waals surface area contributed by atoms with Gasteiger partial charge in [0, 0.05) is 24.9 Å². The summed E-state index contributed by atoms with van der Waals surface area (Å²) in [6.07, 6.45) is -16.2. The highest BCUT2D eigenvalue weighted by molar-refractivity contribution is 5.16. The molecule has 0 unspecified atom stereocenters. The molecule has 1 spiro atoms. The molecule has 5 saturated heterocycles. The molecule has 9 rings (SSSR count). The van der Waals surface area contributed by atoms with Crippen molar-refractivity contribution in [1.82, 2.24) is 0 Å². The maximum absolute atomic E-state index is 12.1. The van der Waals surface area contributed by atoms with Crippen molar-refractivity contribution in [2.45, 2.75) is 209 Å². The second kappa shape index (κ2) is 17.7. The van der Waals surface area contributed by atoms with E-state index in [2.05, 4.69) is 20.8 Å². The molecule has 0 amide bonds. The van der Waals surface area contributed by atoms with E-state index in [0.29, 0.717) is 43.1 Å². The van der Waals surface area contributed by atoms with Crippen LogP contribution in [0.5, 0.6) is 0 Å². The van der Waals surface area contributed by atoms with Crippen molar-refractivity contribution in [1.29, 1.82) is 0 Å². The van der Waals surface area contributed by atoms with Gasteiger partial charge in [0.2, 0.25) is 0 Å². The summed E-state index contributed by atoms with van der Waals surface area (Å²) in [6.45, 7) is 10.0. The minimum absolute atomic E-state index is 0.106. The molecule has 362 valence electrons. The van der Waals surface area contributed by atoms with Crippen molar-refractivity contribution in [3.8, 4) is 0 Å². The van der Waals surface area contributed by atoms with Crippen LogP contribution >= 0.6 is 0 Å². The van der Waals surface area contributed by atoms with Gasteiger partial charge in [-0.1, -0.05) is 20.8 Å². The monoisotopic (exact) mass is 902 g/mol. The average molecular weight is 903 g/mol. The summed E-state index contributed by atoms with van der Waals surface area (Å²) in [6, 6.07) is 0. The summed E-state index contributed by atoms with van der Waals surface area (Å²) < 4.78 is 49.8. The van der Waals surface area contributed by atoms with Crippen LogP contribution in [0.15, 0.2) is 0 Å². The zero-order chi connectivity index (χ0) is 45.1. The zero-order valence-corrected chi connectivity index (χ0v) is 37.2. The van der Waals surface area contributed by atoms with Crippen LogP contribution in [0.4, 0.5) is 0 Å². The minimum atomic E-state index is -1.76. The number of hydrogen-bond donors (Lipinski definition) is 10. The van der Waals surface area contributed by atoms with Crippen LogP contribution in [0, 0.1) is 52.3 Å². The van der Waals surface area contributed by atoms with Gasteiger partial charge in [0.15, 0.2) is 24.7 Å². The lowest BCUT2D eigenvalue weighted by Crippen LogP contribution is -2.67. The Morgan fingerprint density at radius 3 is 1.86 bits per heavy atom. The number of fused-ring (bicyclic) bond motifs is 7. The number of ether oxygens (including phenoxy) is 8. The van der Waals surface area contributed by atoms with Gasteiger partial charge >= 0.3 is 0 Å². The number of rotatable bonds is 8. The molecular formula is C45H74O18. The van der Waals surface area contributed by atoms with E-state index in [4.69, 9.17) is 37.9 Å². The highest BCUT2D eigenvalue weighted by Crippen LogP contribution is 2.71. The molecule has 0 aromatic carbocycles. The van der Waals surface area contributed by atoms with Gasteiger partial charge in [0.1, 0.15) is 61.0 Å². The Labute approximate surface area is 369 Å². The van der Waals surface area contributed by atoms with E-state index in [-0.39, 0.29) is 41.3 Å². The molecule has 5 aliphatic heterocycles. The molecule has 10 N–H and O–H groups in total. The average Bonchev–Trinajstić information content (AvgIpc) is 3.71. The van der Waals surface area contributed by atoms with E-state index < -0.39 is 117 Å². The fraction of sp³-hybridized carbons (Fsp3) is 1.00. The fourth-order valence-electron chi connectivity index (χ4n) is 14.7. The SMILES string of the molecule is C[C@@H]1O[C@H](O[C@@H]2[C@@H](O[C@H]3C[C@@H]4CC[C@H]5[C@@H]6C[C@@H]7O[C@@]8(CC[C@H](CO)CO8)[C@@H](C)[C@@H]7[C@]6(C)CC[C@@H]5[C@]4(C)C[C@@H]3O)O[C@@H](CO)[C@H](O[C@H]3O[C@@H](C)[C@H](O)[C@@H](O)[C@@H]3O)[C@H]2O)[C@@H](O)[C@H](O)[C@H]1O. The zero-order valence-electron chi connectivity index (χ0n) is 37.2. The molecule has 5 heterocycles. The topological polar surface area (TPSA) is 276 Å². The Hall–Kier alpha value is -0.720. The smallest absolute Gasteiger partial charge is 0.187 e. The lowest BCUT2D eigenvalue weighted by molar-refractivity contribution is -0.391. The molecule has 18 nitrogen and oxygen atoms in total. The standard InChI is InChI=1S/C45H74O18/c1-18-30-28(63-45(18)11-8-21(15-46)17-56-45)13-25-23-7-6-22-12-27(26(48)14-44(22,5)24(23)9-10-43(25,30)4)59-42-39(62-41-36(54)34(52)32(50)20(3)58-41)37(55)38(29(16-47)60-42)61-40-35(53)33(51)31(49)19(2)57-40/h18-42,46-55H,6-17H2,1-5H3/t18-,19-,20-,21+,22-,23+,24-,25-,26-,27-,28-,29-,30-,31-,32-,33+,34+,35-,36-,37+,38-,39-,40+,41+,42-,43+,44+,45-/m0/s1. The number of aliphatic hydroxyl groups is 10. The first kappa shape index (κ1) is 47.4. The van der Waals surface area contributed by atoms with Gasteiger partial charge in [-0.2, -0.15) is 0 Å². The Bertz CT molecular complexity index is 1590. The third-order valence-electron chi connectivity index (χ3n) is 18.4. The molecule has 28 atom stereocenters. The predicted octanol–water partition coefficient (Wildman–Crippen LogP) is -0.735. The van der Waals surface area contributed by atoms with E-state index in [1.54, 1.807) is 0 Å². The second-order valence-electron chi connectivity index (χ2n) is 21.6. The van der Waals surface area contributed by atoms with Crippen molar-refractivity contribution in [3.05, 3.63) is 0 Å². The van der Waals surface area contributed by atoms with Crippen molar-refractivity contribution < 1.29 is 89.0 Å². The summed E-state index contributed by atoms with van der Waals surface area (Å²) in [5.74, 6) is 1.78. The van der Waals surface area contributed by atoms with Gasteiger partial charge in [0.05, 0.1) is 43.7 Å². The summed E-state index contributed by atoms with van der Waals surface area (Å²) in [7, 11) is 0. The van der Waals surface area contributed by atoms with E-state index in [1.165, 1.54) is 13.8 Å². The maximum atomic E-state index is 12.1. The Balaban J connectivity index is 0.909. The largest absolute Gasteiger partial charge is 0.396 e. The van der Waals surface area contributed by atoms with Gasteiger partial charge in [-0.15, -0.1) is 0 Å². The molecular weight excluding hydrogens is 828 g/mol. The first-order valence-electron chi connectivity index (χ1n) is 23.8. The van der Waals surface area contributed by atoms with Gasteiger partial charge in [-0.05, 0) is 106 Å². The van der Waals surface area contributed by atoms with Crippen molar-refractivity contribution in [3.63, 3.8) is 0 Å². The van der Waals surface area contributed by atoms with Crippen LogP contribution in [-0.2, 0) is 37.9 Å². The van der Waals surface area contributed by atoms with Crippen molar-refractivity contribution in [2.24, 2.45) is 52.3 Å². The van der Waals surface area contributed by atoms with Crippen LogP contribution in [0.3, 0.4) is 0 Å². The molecule has 18 heteroatoms. The second-order valence-corrected chi connectivity index (χ2v) is 21.6. The van der Waals surface area contributed by atoms with E-state index >= 15 is 0 Å². The first-order valence-corrected chi connectivity index (χ1v) is 23.8. The van der Waals surface area contributed by atoms with E-state index in [0.717, 1.165) is 44.9 Å². The van der Waals surface area contributed by atoms with Crippen molar-refractivity contribution in [2.75, 3.05) is 19.8 Å². The van der Waals surface area contributed by atoms with Gasteiger partial charge < -0.3 is 89.0 Å². The van der Waals surface area contributed by atoms with Crippen LogP contribution in [-0.4, -0.2) is 187 Å². The molecule has 0 aromatic rings. The summed E-state index contributed by atoms with van der Waals surface area (Å²) in [5, 5.41) is 108. The van der Waals surface area contributed by atoms with Gasteiger partial charge in [-0.25, -0.2) is 0 Å². The molecule has 9 aliphatic rings. The maximum Gasteiger partial charge on any atom is 0.187 e. The quantitative estimate of drug-likeness (QED) is 0.134. The Morgan fingerprint density at radius 2 is 1.25 bits per heavy atom. The third kappa shape index (κ3) is 7.79. The van der Waals surface area contributed by atoms with Crippen LogP contribution in [0.25, 0.3) is 0 Å². The van der Waals surface area contributed by atoms with E-state index in [9.17, 15) is 51.1 Å². The summed E-state index contributed by atoms with van der Waals surface area (Å²) >= 11 is 0. The van der Waals surface area contributed by atoms with Crippen LogP contribution < -0.4 is 0 Å². The fourth-order valence-corrected chi connectivity index (χ4v) is 14.7. The first-order chi connectivity index (χ1) is 29.8. The van der Waals surface area contributed by atoms with Crippen LogP contribution in [0.2, 0.25) is 0 Å². The highest BCUT2D eigenvalue weighted by Gasteiger charge is 2.70. The lowest BCUT2D eigenvalue weighted by atomic mass is 9.44. The molecule has 4 aliphatic carbocycles. The minimum Gasteiger partial charge on any atom is -0.396 e. The van der Waals surface area contributed by atoms with Crippen LogP contribution in [0.1, 0.15) is 92.4 Å². The predicted molar refractivity (Wildman–Crippen MR) is 216 cm³/mol. The Morgan fingerprint density at radius 1 is 0.603 bits per heavy atom. The molecule has 4 saturated carbocycles. The molecule has 63 heavy (non-hydrogen) atoms. The molecule has 0 bridgehead atoms. The van der Waals surface area contributed by atoms with E-state index in [1.807, 2.05) is 0 Å². The van der Waals surface area contributed by atoms with Gasteiger partial charge in [0.25, 0.3) is 0 Å². The highest BCUT2D eigenvalue weighted by atomic mass is 16.8. The normalized spacial score (nSPS) is 59.4. The summed E-state index contributed by atoms with van der Waals surface area (Å²) in [4.78, 5) is 0. The molecule has 0 radical (unpaired) electrons. The lowest BCUT2D eigenvalue weighted by Gasteiger charge is -2.62. The molecule has 9 fully saturated rings. The van der Waals surface area contributed by atoms with Gasteiger partial charge in [-0.3, -0.25) is 0 Å². The number of aliphatic hydroxyl groups excluding tert-OH is 10. The molecule has 0 aromatic heterocycles. The van der Waals surface area contributed by atoms with Crippen molar-refractivity contribution >= 4 is 0 Å².